The number of amides is 2. The number of rotatable bonds is 5. The smallest absolute Gasteiger partial charge is 0.257 e. The number of aromatic nitrogens is 2. The number of piperidine rings is 1. The van der Waals surface area contributed by atoms with E-state index in [1.54, 1.807) is 4.68 Å². The Morgan fingerprint density at radius 1 is 1.06 bits per heavy atom. The Hall–Kier alpha value is -2.63. The average Bonchev–Trinajstić information content (AvgIpc) is 3.02. The van der Waals surface area contributed by atoms with Crippen LogP contribution in [0, 0.1) is 18.8 Å². The number of benzene rings is 1. The molecular weight excluding hydrogens is 388 g/mol. The van der Waals surface area contributed by atoms with Crippen LogP contribution in [-0.2, 0) is 18.3 Å². The van der Waals surface area contributed by atoms with Gasteiger partial charge >= 0.3 is 0 Å². The van der Waals surface area contributed by atoms with Crippen LogP contribution >= 0.6 is 0 Å². The van der Waals surface area contributed by atoms with Gasteiger partial charge in [0.05, 0.1) is 11.3 Å². The number of likely N-dealkylation sites (tertiary alicyclic amines) is 2. The van der Waals surface area contributed by atoms with Crippen LogP contribution in [0.5, 0.6) is 0 Å². The average molecular weight is 423 g/mol. The molecule has 31 heavy (non-hydrogen) atoms. The summed E-state index contributed by atoms with van der Waals surface area (Å²) in [5, 5.41) is 4.30. The largest absolute Gasteiger partial charge is 0.342 e. The van der Waals surface area contributed by atoms with E-state index in [9.17, 15) is 9.59 Å². The maximum absolute atomic E-state index is 13.4. The fraction of sp³-hybridized carbons (Fsp3) is 0.560. The van der Waals surface area contributed by atoms with E-state index in [1.807, 2.05) is 31.1 Å². The SMILES string of the molecule is Cc1nn(C)cc1C(=O)N1CCC([C@H]2CCCCN(CCc3ccccc3)C2=O)CC1. The van der Waals surface area contributed by atoms with E-state index in [0.29, 0.717) is 17.4 Å². The molecule has 2 saturated heterocycles. The minimum atomic E-state index is 0.0701. The van der Waals surface area contributed by atoms with Crippen LogP contribution in [0.3, 0.4) is 0 Å². The quantitative estimate of drug-likeness (QED) is 0.742. The van der Waals surface area contributed by atoms with E-state index in [-0.39, 0.29) is 11.8 Å². The van der Waals surface area contributed by atoms with Crippen LogP contribution in [0.2, 0.25) is 0 Å². The Morgan fingerprint density at radius 3 is 2.48 bits per heavy atom. The lowest BCUT2D eigenvalue weighted by molar-refractivity contribution is -0.137. The van der Waals surface area contributed by atoms with Gasteiger partial charge in [0.1, 0.15) is 0 Å². The molecule has 1 aromatic carbocycles. The molecule has 0 N–H and O–H groups in total. The summed E-state index contributed by atoms with van der Waals surface area (Å²) in [6, 6.07) is 10.4. The number of carbonyl (C=O) groups is 2. The second-order valence-corrected chi connectivity index (χ2v) is 9.09. The minimum absolute atomic E-state index is 0.0701. The molecule has 2 aliphatic heterocycles. The number of aryl methyl sites for hydroxylation is 2. The topological polar surface area (TPSA) is 58.4 Å². The van der Waals surface area contributed by atoms with Gasteiger partial charge in [0.2, 0.25) is 5.91 Å². The Kier molecular flexibility index (Phi) is 6.73. The molecule has 4 rings (SSSR count). The number of hydrogen-bond acceptors (Lipinski definition) is 3. The summed E-state index contributed by atoms with van der Waals surface area (Å²) < 4.78 is 1.70. The highest BCUT2D eigenvalue weighted by Crippen LogP contribution is 2.32. The summed E-state index contributed by atoms with van der Waals surface area (Å²) in [7, 11) is 1.84. The summed E-state index contributed by atoms with van der Waals surface area (Å²) in [4.78, 5) is 30.3. The van der Waals surface area contributed by atoms with Crippen molar-refractivity contribution >= 4 is 11.8 Å². The van der Waals surface area contributed by atoms with E-state index in [0.717, 1.165) is 70.4 Å². The standard InChI is InChI=1S/C25H34N4O2/c1-19-23(18-27(2)26-19)25(31)29-16-12-21(13-17-29)22-10-6-7-14-28(24(22)30)15-11-20-8-4-3-5-9-20/h3-5,8-9,18,21-22H,6-7,10-17H2,1-2H3/t22-/m1/s1. The molecule has 0 saturated carbocycles. The molecule has 1 atom stereocenters. The predicted octanol–water partition coefficient (Wildman–Crippen LogP) is 3.45. The molecule has 2 aliphatic rings. The Labute approximate surface area is 185 Å². The highest BCUT2D eigenvalue weighted by Gasteiger charge is 2.36. The molecule has 3 heterocycles. The van der Waals surface area contributed by atoms with Gasteiger partial charge in [0.25, 0.3) is 5.91 Å². The van der Waals surface area contributed by atoms with Crippen LogP contribution < -0.4 is 0 Å². The summed E-state index contributed by atoms with van der Waals surface area (Å²) in [6.45, 7) is 5.02. The zero-order chi connectivity index (χ0) is 21.8. The van der Waals surface area contributed by atoms with Crippen molar-refractivity contribution in [1.29, 1.82) is 0 Å². The fourth-order valence-corrected chi connectivity index (χ4v) is 5.19. The third kappa shape index (κ3) is 5.00. The van der Waals surface area contributed by atoms with Crippen molar-refractivity contribution in [2.45, 2.75) is 45.4 Å². The fourth-order valence-electron chi connectivity index (χ4n) is 5.19. The summed E-state index contributed by atoms with van der Waals surface area (Å²) in [5.74, 6) is 0.890. The third-order valence-corrected chi connectivity index (χ3v) is 6.97. The Morgan fingerprint density at radius 2 is 1.81 bits per heavy atom. The molecule has 0 unspecified atom stereocenters. The van der Waals surface area contributed by atoms with Crippen molar-refractivity contribution in [3.63, 3.8) is 0 Å². The maximum atomic E-state index is 13.4. The van der Waals surface area contributed by atoms with Gasteiger partial charge in [-0.25, -0.2) is 0 Å². The number of carbonyl (C=O) groups excluding carboxylic acids is 2. The molecule has 1 aromatic heterocycles. The Bertz CT molecular complexity index is 900. The van der Waals surface area contributed by atoms with E-state index in [1.165, 1.54) is 5.56 Å². The van der Waals surface area contributed by atoms with Gasteiger partial charge in [-0.1, -0.05) is 36.8 Å². The van der Waals surface area contributed by atoms with Crippen LogP contribution in [-0.4, -0.2) is 57.6 Å². The van der Waals surface area contributed by atoms with Crippen molar-refractivity contribution in [3.05, 3.63) is 53.3 Å². The van der Waals surface area contributed by atoms with Crippen molar-refractivity contribution in [3.8, 4) is 0 Å². The van der Waals surface area contributed by atoms with Gasteiger partial charge in [-0.2, -0.15) is 5.10 Å². The van der Waals surface area contributed by atoms with Crippen molar-refractivity contribution in [2.75, 3.05) is 26.2 Å². The zero-order valence-corrected chi connectivity index (χ0v) is 18.8. The number of hydrogen-bond donors (Lipinski definition) is 0. The van der Waals surface area contributed by atoms with E-state index < -0.39 is 0 Å². The summed E-state index contributed by atoms with van der Waals surface area (Å²) >= 11 is 0. The molecule has 166 valence electrons. The van der Waals surface area contributed by atoms with Crippen LogP contribution in [0.1, 0.15) is 53.7 Å². The first-order valence-electron chi connectivity index (χ1n) is 11.6. The first-order chi connectivity index (χ1) is 15.0. The van der Waals surface area contributed by atoms with Crippen LogP contribution in [0.25, 0.3) is 0 Å². The predicted molar refractivity (Wildman–Crippen MR) is 121 cm³/mol. The lowest BCUT2D eigenvalue weighted by atomic mass is 9.81. The molecule has 0 spiro atoms. The molecule has 2 aromatic rings. The molecule has 2 amide bonds. The van der Waals surface area contributed by atoms with E-state index in [4.69, 9.17) is 0 Å². The van der Waals surface area contributed by atoms with E-state index in [2.05, 4.69) is 34.3 Å². The molecule has 6 heteroatoms. The van der Waals surface area contributed by atoms with E-state index >= 15 is 0 Å². The Balaban J connectivity index is 1.35. The maximum Gasteiger partial charge on any atom is 0.257 e. The van der Waals surface area contributed by atoms with Gasteiger partial charge in [-0.05, 0) is 50.5 Å². The minimum Gasteiger partial charge on any atom is -0.342 e. The summed E-state index contributed by atoms with van der Waals surface area (Å²) in [5.41, 5.74) is 2.76. The van der Waals surface area contributed by atoms with Gasteiger partial charge in [0.15, 0.2) is 0 Å². The molecule has 6 nitrogen and oxygen atoms in total. The van der Waals surface area contributed by atoms with Gasteiger partial charge < -0.3 is 9.80 Å². The van der Waals surface area contributed by atoms with Crippen LogP contribution in [0.4, 0.5) is 0 Å². The van der Waals surface area contributed by atoms with Crippen LogP contribution in [0.15, 0.2) is 36.5 Å². The second-order valence-electron chi connectivity index (χ2n) is 9.09. The molecule has 2 fully saturated rings. The molecule has 0 radical (unpaired) electrons. The normalized spacial score (nSPS) is 20.7. The molecular formula is C25H34N4O2. The second kappa shape index (κ2) is 9.67. The third-order valence-electron chi connectivity index (χ3n) is 6.97. The monoisotopic (exact) mass is 422 g/mol. The zero-order valence-electron chi connectivity index (χ0n) is 18.8. The highest BCUT2D eigenvalue weighted by atomic mass is 16.2. The molecule has 0 bridgehead atoms. The van der Waals surface area contributed by atoms with Gasteiger partial charge in [-0.15, -0.1) is 0 Å². The first kappa shape index (κ1) is 21.6. The van der Waals surface area contributed by atoms with Gasteiger partial charge in [0, 0.05) is 45.3 Å². The van der Waals surface area contributed by atoms with Crippen molar-refractivity contribution in [1.82, 2.24) is 19.6 Å². The lowest BCUT2D eigenvalue weighted by Crippen LogP contribution is -2.44. The first-order valence-corrected chi connectivity index (χ1v) is 11.6. The lowest BCUT2D eigenvalue weighted by Gasteiger charge is -2.36. The molecule has 0 aliphatic carbocycles. The van der Waals surface area contributed by atoms with Crippen molar-refractivity contribution in [2.24, 2.45) is 18.9 Å². The highest BCUT2D eigenvalue weighted by molar-refractivity contribution is 5.95. The number of nitrogens with zero attached hydrogens (tertiary/aromatic N) is 4. The van der Waals surface area contributed by atoms with Crippen molar-refractivity contribution < 1.29 is 9.59 Å². The van der Waals surface area contributed by atoms with Gasteiger partial charge in [-0.3, -0.25) is 14.3 Å². The summed E-state index contributed by atoms with van der Waals surface area (Å²) in [6.07, 6.45) is 7.74.